The van der Waals surface area contributed by atoms with Crippen molar-refractivity contribution < 1.29 is 64.1 Å². The lowest BCUT2D eigenvalue weighted by Gasteiger charge is -2.39. The van der Waals surface area contributed by atoms with Crippen molar-refractivity contribution in [2.75, 3.05) is 11.4 Å². The Balaban J connectivity index is 2.12. The van der Waals surface area contributed by atoms with Crippen LogP contribution in [0.1, 0.15) is 42.9 Å². The summed E-state index contributed by atoms with van der Waals surface area (Å²) in [4.78, 5) is 36.3. The topological polar surface area (TPSA) is 150 Å². The van der Waals surface area contributed by atoms with E-state index in [0.29, 0.717) is 28.1 Å². The summed E-state index contributed by atoms with van der Waals surface area (Å²) in [6, 6.07) is 5.44. The Labute approximate surface area is 247 Å². The summed E-state index contributed by atoms with van der Waals surface area (Å²) in [5.41, 5.74) is -8.97. The fourth-order valence-electron chi connectivity index (χ4n) is 4.79. The number of nitrogens with one attached hydrogen (secondary N) is 1. The van der Waals surface area contributed by atoms with Gasteiger partial charge in [-0.3, -0.25) is 13.9 Å². The standard InChI is InChI=1S/C27H28F6N2O8S/c1-15-4-9-19(10-5-15)44(41,42)35-18(13-21(36)34-24(2,23(38)39)14-22(37)43-3)8-6-16-12-17(7-11-20(16)35)25(40,26(28,29)30)27(31,32)33/h4-5,7,9-12,18,40H,6,8,13-14H2,1-3H3,(H,34,36)(H,38,39). The van der Waals surface area contributed by atoms with E-state index in [9.17, 15) is 59.4 Å². The number of amides is 1. The number of methoxy groups -OCH3 is 1. The van der Waals surface area contributed by atoms with Crippen LogP contribution >= 0.6 is 0 Å². The number of alkyl halides is 6. The first-order valence-electron chi connectivity index (χ1n) is 12.8. The van der Waals surface area contributed by atoms with Gasteiger partial charge >= 0.3 is 24.3 Å². The van der Waals surface area contributed by atoms with Gasteiger partial charge < -0.3 is 20.3 Å². The van der Waals surface area contributed by atoms with E-state index in [4.69, 9.17) is 0 Å². The number of aryl methyl sites for hydroxylation is 2. The van der Waals surface area contributed by atoms with Gasteiger partial charge in [0.1, 0.15) is 5.54 Å². The molecule has 17 heteroatoms. The molecule has 1 aliphatic rings. The number of sulfonamides is 1. The molecule has 3 rings (SSSR count). The highest BCUT2D eigenvalue weighted by Crippen LogP contribution is 2.51. The molecule has 2 unspecified atom stereocenters. The lowest BCUT2D eigenvalue weighted by Crippen LogP contribution is -2.55. The lowest BCUT2D eigenvalue weighted by atomic mass is 9.87. The Morgan fingerprint density at radius 2 is 1.59 bits per heavy atom. The van der Waals surface area contributed by atoms with Gasteiger partial charge in [-0.15, -0.1) is 0 Å². The predicted octanol–water partition coefficient (Wildman–Crippen LogP) is 3.73. The van der Waals surface area contributed by atoms with E-state index >= 15 is 0 Å². The zero-order valence-electron chi connectivity index (χ0n) is 23.4. The molecule has 0 radical (unpaired) electrons. The minimum absolute atomic E-state index is 0.289. The van der Waals surface area contributed by atoms with Crippen molar-refractivity contribution in [2.24, 2.45) is 0 Å². The van der Waals surface area contributed by atoms with Gasteiger partial charge in [-0.05, 0) is 50.5 Å². The number of halogens is 6. The maximum atomic E-state index is 13.9. The fourth-order valence-corrected chi connectivity index (χ4v) is 6.51. The number of carbonyl (C=O) groups is 3. The number of nitrogens with zero attached hydrogens (tertiary/aromatic N) is 1. The lowest BCUT2D eigenvalue weighted by molar-refractivity contribution is -0.376. The number of anilines is 1. The molecule has 0 saturated heterocycles. The van der Waals surface area contributed by atoms with E-state index in [1.54, 1.807) is 6.92 Å². The van der Waals surface area contributed by atoms with Gasteiger partial charge in [0.15, 0.2) is 0 Å². The Hall–Kier alpha value is -3.86. The number of carbonyl (C=O) groups excluding carboxylic acids is 2. The van der Waals surface area contributed by atoms with Crippen LogP contribution < -0.4 is 9.62 Å². The molecular weight excluding hydrogens is 626 g/mol. The van der Waals surface area contributed by atoms with E-state index in [-0.39, 0.29) is 29.0 Å². The highest BCUT2D eigenvalue weighted by molar-refractivity contribution is 7.92. The van der Waals surface area contributed by atoms with Crippen LogP contribution in [-0.2, 0) is 41.2 Å². The Morgan fingerprint density at radius 1 is 1.02 bits per heavy atom. The summed E-state index contributed by atoms with van der Waals surface area (Å²) in [6.45, 7) is 2.68. The molecule has 2 atom stereocenters. The number of ether oxygens (including phenoxy) is 1. The zero-order valence-corrected chi connectivity index (χ0v) is 24.2. The number of esters is 1. The molecule has 2 aromatic rings. The van der Waals surface area contributed by atoms with E-state index in [0.717, 1.165) is 14.0 Å². The minimum Gasteiger partial charge on any atom is -0.479 e. The summed E-state index contributed by atoms with van der Waals surface area (Å²) < 4.78 is 114. The predicted molar refractivity (Wildman–Crippen MR) is 141 cm³/mol. The molecule has 44 heavy (non-hydrogen) atoms. The number of aliphatic carboxylic acids is 1. The fraction of sp³-hybridized carbons (Fsp3) is 0.444. The van der Waals surface area contributed by atoms with Crippen molar-refractivity contribution >= 4 is 33.6 Å². The van der Waals surface area contributed by atoms with Gasteiger partial charge in [-0.2, -0.15) is 26.3 Å². The average molecular weight is 655 g/mol. The molecule has 0 bridgehead atoms. The van der Waals surface area contributed by atoms with Crippen LogP contribution in [0.4, 0.5) is 32.0 Å². The molecule has 242 valence electrons. The molecule has 0 aliphatic carbocycles. The number of fused-ring (bicyclic) bond motifs is 1. The van der Waals surface area contributed by atoms with Gasteiger partial charge in [0.2, 0.25) is 5.91 Å². The third-order valence-corrected chi connectivity index (χ3v) is 9.13. The number of benzene rings is 2. The van der Waals surface area contributed by atoms with Crippen LogP contribution in [-0.4, -0.2) is 67.5 Å². The molecule has 0 fully saturated rings. The molecule has 0 spiro atoms. The maximum absolute atomic E-state index is 13.9. The molecule has 0 aromatic heterocycles. The minimum atomic E-state index is -6.18. The second-order valence-electron chi connectivity index (χ2n) is 10.5. The number of rotatable bonds is 9. The Morgan fingerprint density at radius 3 is 2.09 bits per heavy atom. The first-order valence-corrected chi connectivity index (χ1v) is 14.2. The number of hydrogen-bond acceptors (Lipinski definition) is 7. The van der Waals surface area contributed by atoms with Crippen molar-refractivity contribution in [1.82, 2.24) is 5.32 Å². The van der Waals surface area contributed by atoms with Crippen LogP contribution in [0.25, 0.3) is 0 Å². The van der Waals surface area contributed by atoms with Crippen molar-refractivity contribution in [3.63, 3.8) is 0 Å². The highest BCUT2D eigenvalue weighted by Gasteiger charge is 2.71. The van der Waals surface area contributed by atoms with E-state index in [2.05, 4.69) is 10.1 Å². The summed E-state index contributed by atoms with van der Waals surface area (Å²) in [6.07, 6.45) is -14.5. The Kier molecular flexibility index (Phi) is 9.37. The molecule has 1 amide bonds. The van der Waals surface area contributed by atoms with Crippen molar-refractivity contribution in [3.8, 4) is 0 Å². The second-order valence-corrected chi connectivity index (χ2v) is 12.3. The normalized spacial score (nSPS) is 17.3. The number of carboxylic acid groups (broad SMARTS) is 1. The average Bonchev–Trinajstić information content (AvgIpc) is 2.90. The first-order chi connectivity index (χ1) is 20.1. The van der Waals surface area contributed by atoms with E-state index < -0.39 is 75.8 Å². The molecule has 1 heterocycles. The van der Waals surface area contributed by atoms with Crippen LogP contribution in [0.5, 0.6) is 0 Å². The van der Waals surface area contributed by atoms with Gasteiger partial charge in [-0.1, -0.05) is 29.8 Å². The SMILES string of the molecule is COC(=O)CC(C)(NC(=O)CC1CCc2cc(C(O)(C(F)(F)F)C(F)(F)F)ccc2N1S(=O)(=O)c1ccc(C)cc1)C(=O)O. The third-order valence-electron chi connectivity index (χ3n) is 7.25. The van der Waals surface area contributed by atoms with Gasteiger partial charge in [0, 0.05) is 12.0 Å². The second kappa shape index (κ2) is 11.9. The zero-order chi connectivity index (χ0) is 33.5. The van der Waals surface area contributed by atoms with E-state index in [1.807, 2.05) is 0 Å². The molecule has 2 aromatic carbocycles. The molecule has 3 N–H and O–H groups in total. The van der Waals surface area contributed by atoms with Crippen LogP contribution in [0, 0.1) is 6.92 Å². The third kappa shape index (κ3) is 6.47. The van der Waals surface area contributed by atoms with Crippen LogP contribution in [0.2, 0.25) is 0 Å². The summed E-state index contributed by atoms with van der Waals surface area (Å²) in [5.74, 6) is -3.60. The Bertz CT molecular complexity index is 1530. The summed E-state index contributed by atoms with van der Waals surface area (Å²) in [7, 11) is -3.62. The van der Waals surface area contributed by atoms with Gasteiger partial charge in [0.05, 0.1) is 30.2 Å². The first kappa shape index (κ1) is 34.6. The quantitative estimate of drug-likeness (QED) is 0.274. The summed E-state index contributed by atoms with van der Waals surface area (Å²) >= 11 is 0. The van der Waals surface area contributed by atoms with Crippen LogP contribution in [0.15, 0.2) is 47.4 Å². The molecule has 1 aliphatic heterocycles. The monoisotopic (exact) mass is 654 g/mol. The van der Waals surface area contributed by atoms with Crippen molar-refractivity contribution in [2.45, 2.75) is 74.0 Å². The van der Waals surface area contributed by atoms with E-state index in [1.165, 1.54) is 24.3 Å². The number of aliphatic hydroxyl groups is 1. The number of carboxylic acids is 1. The van der Waals surface area contributed by atoms with Gasteiger partial charge in [0.25, 0.3) is 15.6 Å². The smallest absolute Gasteiger partial charge is 0.430 e. The molecular formula is C27H28F6N2O8S. The van der Waals surface area contributed by atoms with Crippen molar-refractivity contribution in [1.29, 1.82) is 0 Å². The van der Waals surface area contributed by atoms with Crippen molar-refractivity contribution in [3.05, 3.63) is 59.2 Å². The molecule has 10 nitrogen and oxygen atoms in total. The highest BCUT2D eigenvalue weighted by atomic mass is 32.2. The van der Waals surface area contributed by atoms with Gasteiger partial charge in [-0.25, -0.2) is 13.2 Å². The molecule has 0 saturated carbocycles. The number of hydrogen-bond donors (Lipinski definition) is 3. The van der Waals surface area contributed by atoms with Crippen LogP contribution in [0.3, 0.4) is 0 Å². The largest absolute Gasteiger partial charge is 0.479 e. The maximum Gasteiger partial charge on any atom is 0.430 e. The summed E-state index contributed by atoms with van der Waals surface area (Å²) in [5, 5.41) is 21.7.